The normalized spacial score (nSPS) is 19.2. The minimum atomic E-state index is -0.587. The molecule has 6 heteroatoms. The van der Waals surface area contributed by atoms with Crippen LogP contribution in [0.15, 0.2) is 22.8 Å². The third-order valence-corrected chi connectivity index (χ3v) is 3.50. The van der Waals surface area contributed by atoms with E-state index in [4.69, 9.17) is 9.15 Å². The largest absolute Gasteiger partial charge is 0.494 e. The molecule has 20 heavy (non-hydrogen) atoms. The molecule has 1 unspecified atom stereocenters. The molecule has 1 atom stereocenters. The number of hydrogen-bond acceptors (Lipinski definition) is 4. The number of methoxy groups -OCH3 is 1. The summed E-state index contributed by atoms with van der Waals surface area (Å²) in [6, 6.07) is 3.06. The van der Waals surface area contributed by atoms with Crippen LogP contribution >= 0.6 is 0 Å². The number of carbonyl (C=O) groups is 2. The van der Waals surface area contributed by atoms with Crippen LogP contribution in [0, 0.1) is 5.82 Å². The van der Waals surface area contributed by atoms with Crippen LogP contribution < -0.4 is 10.1 Å². The Kier molecular flexibility index (Phi) is 2.93. The number of furan rings is 1. The highest BCUT2D eigenvalue weighted by Gasteiger charge is 2.31. The van der Waals surface area contributed by atoms with E-state index in [1.807, 2.05) is 0 Å². The Morgan fingerprint density at radius 3 is 2.90 bits per heavy atom. The number of ether oxygens (including phenoxy) is 1. The molecule has 1 aliphatic rings. The minimum absolute atomic E-state index is 0.0902. The topological polar surface area (TPSA) is 68.5 Å². The number of rotatable bonds is 2. The maximum atomic E-state index is 14.3. The molecule has 1 aromatic carbocycles. The van der Waals surface area contributed by atoms with Crippen molar-refractivity contribution < 1.29 is 23.1 Å². The van der Waals surface area contributed by atoms with Gasteiger partial charge in [0.1, 0.15) is 5.58 Å². The first kappa shape index (κ1) is 12.7. The van der Waals surface area contributed by atoms with Gasteiger partial charge >= 0.3 is 0 Å². The molecule has 0 bridgehead atoms. The maximum absolute atomic E-state index is 14.3. The van der Waals surface area contributed by atoms with Crippen molar-refractivity contribution in [3.05, 3.63) is 29.8 Å². The number of piperidine rings is 1. The van der Waals surface area contributed by atoms with Crippen LogP contribution in [0.4, 0.5) is 4.39 Å². The van der Waals surface area contributed by atoms with Gasteiger partial charge in [0.2, 0.25) is 11.8 Å². The van der Waals surface area contributed by atoms with Crippen molar-refractivity contribution in [1.29, 1.82) is 0 Å². The Morgan fingerprint density at radius 1 is 1.40 bits per heavy atom. The van der Waals surface area contributed by atoms with Crippen LogP contribution in [-0.4, -0.2) is 18.9 Å². The van der Waals surface area contributed by atoms with Crippen LogP contribution in [0.1, 0.15) is 24.3 Å². The zero-order valence-electron chi connectivity index (χ0n) is 10.7. The second kappa shape index (κ2) is 4.63. The lowest BCUT2D eigenvalue weighted by atomic mass is 9.90. The molecule has 2 heterocycles. The fourth-order valence-corrected chi connectivity index (χ4v) is 2.50. The lowest BCUT2D eigenvalue weighted by Crippen LogP contribution is -2.39. The number of nitrogens with one attached hydrogen (secondary N) is 1. The van der Waals surface area contributed by atoms with Crippen molar-refractivity contribution in [3.8, 4) is 5.75 Å². The SMILES string of the molecule is COc1ccc2occ(C3CCC(=O)NC3=O)c2c1F. The molecule has 1 saturated heterocycles. The van der Waals surface area contributed by atoms with Crippen LogP contribution in [0.25, 0.3) is 11.0 Å². The molecule has 1 fully saturated rings. The summed E-state index contributed by atoms with van der Waals surface area (Å²) in [5, 5.41) is 2.49. The molecule has 0 spiro atoms. The standard InChI is InChI=1S/C14H12FNO4/c1-19-10-4-3-9-12(13(10)15)8(6-20-9)7-2-5-11(17)16-14(7)18/h3-4,6-7H,2,5H2,1H3,(H,16,17,18). The van der Waals surface area contributed by atoms with E-state index < -0.39 is 17.6 Å². The fourth-order valence-electron chi connectivity index (χ4n) is 2.50. The quantitative estimate of drug-likeness (QED) is 0.853. The number of amides is 2. The van der Waals surface area contributed by atoms with Gasteiger partial charge in [0, 0.05) is 12.0 Å². The summed E-state index contributed by atoms with van der Waals surface area (Å²) in [7, 11) is 1.37. The molecular formula is C14H12FNO4. The van der Waals surface area contributed by atoms with Crippen LogP contribution in [-0.2, 0) is 9.59 Å². The third kappa shape index (κ3) is 1.84. The Bertz CT molecular complexity index is 707. The number of carbonyl (C=O) groups excluding carboxylic acids is 2. The average molecular weight is 277 g/mol. The Balaban J connectivity index is 2.12. The maximum Gasteiger partial charge on any atom is 0.234 e. The van der Waals surface area contributed by atoms with Crippen molar-refractivity contribution in [2.45, 2.75) is 18.8 Å². The van der Waals surface area contributed by atoms with Gasteiger partial charge in [-0.25, -0.2) is 4.39 Å². The second-order valence-corrected chi connectivity index (χ2v) is 4.65. The monoisotopic (exact) mass is 277 g/mol. The van der Waals surface area contributed by atoms with Crippen molar-refractivity contribution in [3.63, 3.8) is 0 Å². The number of benzene rings is 1. The smallest absolute Gasteiger partial charge is 0.234 e. The predicted octanol–water partition coefficient (Wildman–Crippen LogP) is 2.10. The molecule has 2 amide bonds. The molecule has 0 aliphatic carbocycles. The van der Waals surface area contributed by atoms with E-state index in [9.17, 15) is 14.0 Å². The second-order valence-electron chi connectivity index (χ2n) is 4.65. The Labute approximate surface area is 113 Å². The van der Waals surface area contributed by atoms with Crippen molar-refractivity contribution in [2.24, 2.45) is 0 Å². The third-order valence-electron chi connectivity index (χ3n) is 3.50. The van der Waals surface area contributed by atoms with Gasteiger partial charge in [-0.3, -0.25) is 14.9 Å². The van der Waals surface area contributed by atoms with Gasteiger partial charge in [-0.1, -0.05) is 0 Å². The Hall–Kier alpha value is -2.37. The van der Waals surface area contributed by atoms with Gasteiger partial charge in [0.25, 0.3) is 0 Å². The summed E-state index contributed by atoms with van der Waals surface area (Å²) in [5.41, 5.74) is 0.796. The van der Waals surface area contributed by atoms with Gasteiger partial charge in [-0.05, 0) is 18.6 Å². The van der Waals surface area contributed by atoms with Crippen molar-refractivity contribution >= 4 is 22.8 Å². The van der Waals surface area contributed by atoms with E-state index in [0.29, 0.717) is 17.6 Å². The molecule has 0 radical (unpaired) electrons. The molecular weight excluding hydrogens is 265 g/mol. The lowest BCUT2D eigenvalue weighted by molar-refractivity contribution is -0.134. The van der Waals surface area contributed by atoms with E-state index in [-0.39, 0.29) is 23.5 Å². The summed E-state index contributed by atoms with van der Waals surface area (Å²) in [6.07, 6.45) is 1.94. The van der Waals surface area contributed by atoms with Crippen LogP contribution in [0.2, 0.25) is 0 Å². The minimum Gasteiger partial charge on any atom is -0.494 e. The highest BCUT2D eigenvalue weighted by Crippen LogP contribution is 2.36. The van der Waals surface area contributed by atoms with Gasteiger partial charge in [0.15, 0.2) is 11.6 Å². The number of hydrogen-bond donors (Lipinski definition) is 1. The summed E-state index contributed by atoms with van der Waals surface area (Å²) in [6.45, 7) is 0. The molecule has 0 saturated carbocycles. The number of fused-ring (bicyclic) bond motifs is 1. The fraction of sp³-hybridized carbons (Fsp3) is 0.286. The van der Waals surface area contributed by atoms with E-state index in [2.05, 4.69) is 5.32 Å². The highest BCUT2D eigenvalue weighted by molar-refractivity contribution is 6.02. The molecule has 1 aliphatic heterocycles. The summed E-state index contributed by atoms with van der Waals surface area (Å²) in [4.78, 5) is 23.1. The predicted molar refractivity (Wildman–Crippen MR) is 67.8 cm³/mol. The molecule has 5 nitrogen and oxygen atoms in total. The first-order chi connectivity index (χ1) is 9.61. The zero-order valence-corrected chi connectivity index (χ0v) is 10.7. The molecule has 3 rings (SSSR count). The molecule has 1 N–H and O–H groups in total. The highest BCUT2D eigenvalue weighted by atomic mass is 19.1. The van der Waals surface area contributed by atoms with Crippen molar-refractivity contribution in [1.82, 2.24) is 5.32 Å². The molecule has 104 valence electrons. The summed E-state index contributed by atoms with van der Waals surface area (Å²) >= 11 is 0. The lowest BCUT2D eigenvalue weighted by Gasteiger charge is -2.20. The van der Waals surface area contributed by atoms with Gasteiger partial charge in [0.05, 0.1) is 24.7 Å². The number of imide groups is 1. The van der Waals surface area contributed by atoms with Crippen molar-refractivity contribution in [2.75, 3.05) is 7.11 Å². The van der Waals surface area contributed by atoms with E-state index in [1.165, 1.54) is 19.4 Å². The van der Waals surface area contributed by atoms with Crippen LogP contribution in [0.3, 0.4) is 0 Å². The van der Waals surface area contributed by atoms with Gasteiger partial charge in [-0.15, -0.1) is 0 Å². The van der Waals surface area contributed by atoms with E-state index in [0.717, 1.165) is 0 Å². The molecule has 2 aromatic rings. The van der Waals surface area contributed by atoms with E-state index >= 15 is 0 Å². The first-order valence-electron chi connectivity index (χ1n) is 6.19. The molecule has 1 aromatic heterocycles. The summed E-state index contributed by atoms with van der Waals surface area (Å²) in [5.74, 6) is -1.79. The summed E-state index contributed by atoms with van der Waals surface area (Å²) < 4.78 is 24.6. The number of halogens is 1. The van der Waals surface area contributed by atoms with Crippen LogP contribution in [0.5, 0.6) is 5.75 Å². The van der Waals surface area contributed by atoms with E-state index in [1.54, 1.807) is 6.07 Å². The zero-order chi connectivity index (χ0) is 14.3. The van der Waals surface area contributed by atoms with Gasteiger partial charge in [-0.2, -0.15) is 0 Å². The van der Waals surface area contributed by atoms with Gasteiger partial charge < -0.3 is 9.15 Å². The first-order valence-corrected chi connectivity index (χ1v) is 6.19. The average Bonchev–Trinajstić information content (AvgIpc) is 2.84. The Morgan fingerprint density at radius 2 is 2.20 bits per heavy atom.